The van der Waals surface area contributed by atoms with Crippen molar-refractivity contribution >= 4 is 8.56 Å². The molecule has 0 spiro atoms. The Morgan fingerprint density at radius 3 is 1.62 bits per heavy atom. The highest BCUT2D eigenvalue weighted by Crippen LogP contribution is 2.22. The Kier molecular flexibility index (Phi) is 14.9. The number of rotatable bonds is 20. The lowest BCUT2D eigenvalue weighted by Crippen LogP contribution is -2.35. The van der Waals surface area contributed by atoms with Crippen molar-refractivity contribution in [2.75, 3.05) is 6.61 Å². The summed E-state index contributed by atoms with van der Waals surface area (Å²) in [6.07, 6.45) is 17.8. The van der Waals surface area contributed by atoms with E-state index in [0.717, 1.165) is 30.1 Å². The van der Waals surface area contributed by atoms with Gasteiger partial charge in [-0.3, -0.25) is 0 Å². The van der Waals surface area contributed by atoms with Gasteiger partial charge in [0.15, 0.2) is 0 Å². The third-order valence-corrected chi connectivity index (χ3v) is 7.93. The van der Waals surface area contributed by atoms with Crippen molar-refractivity contribution in [3.63, 3.8) is 0 Å². The molecule has 0 fully saturated rings. The van der Waals surface area contributed by atoms with Crippen LogP contribution in [0.5, 0.6) is 11.5 Å². The zero-order valence-electron chi connectivity index (χ0n) is 22.0. The van der Waals surface area contributed by atoms with Gasteiger partial charge in [0.25, 0.3) is 0 Å². The van der Waals surface area contributed by atoms with E-state index in [9.17, 15) is 0 Å². The molecular formula is C30H48O3Si. The van der Waals surface area contributed by atoms with Gasteiger partial charge in [-0.1, -0.05) is 114 Å². The first-order chi connectivity index (χ1) is 16.6. The Morgan fingerprint density at radius 2 is 1.06 bits per heavy atom. The Morgan fingerprint density at radius 1 is 0.559 bits per heavy atom. The van der Waals surface area contributed by atoms with Crippen molar-refractivity contribution in [3.05, 3.63) is 60.2 Å². The van der Waals surface area contributed by atoms with Crippen LogP contribution in [-0.2, 0) is 15.5 Å². The lowest BCUT2D eigenvalue weighted by molar-refractivity contribution is 0.168. The summed E-state index contributed by atoms with van der Waals surface area (Å²) >= 11 is 0. The van der Waals surface area contributed by atoms with Crippen LogP contribution in [-0.4, -0.2) is 15.2 Å². The Hall–Kier alpha value is -1.62. The van der Waals surface area contributed by atoms with E-state index in [1.165, 1.54) is 77.0 Å². The summed E-state index contributed by atoms with van der Waals surface area (Å²) < 4.78 is 18.2. The van der Waals surface area contributed by atoms with Crippen LogP contribution in [0.15, 0.2) is 54.6 Å². The van der Waals surface area contributed by atoms with Gasteiger partial charge >= 0.3 is 8.56 Å². The molecule has 0 aliphatic carbocycles. The van der Waals surface area contributed by atoms with Crippen LogP contribution in [0.4, 0.5) is 0 Å². The van der Waals surface area contributed by atoms with E-state index in [0.29, 0.717) is 6.61 Å². The number of unbranched alkanes of at least 4 members (excludes halogenated alkanes) is 12. The predicted molar refractivity (Wildman–Crippen MR) is 147 cm³/mol. The molecule has 0 amide bonds. The molecule has 2 rings (SSSR count). The maximum Gasteiger partial charge on any atom is 0.332 e. The van der Waals surface area contributed by atoms with Crippen molar-refractivity contribution < 1.29 is 13.6 Å². The zero-order valence-corrected chi connectivity index (χ0v) is 23.0. The van der Waals surface area contributed by atoms with Crippen LogP contribution < -0.4 is 4.74 Å². The molecule has 0 unspecified atom stereocenters. The van der Waals surface area contributed by atoms with Gasteiger partial charge < -0.3 is 13.6 Å². The molecule has 0 atom stereocenters. The number of benzene rings is 2. The summed E-state index contributed by atoms with van der Waals surface area (Å²) in [4.78, 5) is 0. The van der Waals surface area contributed by atoms with E-state index in [1.807, 2.05) is 42.5 Å². The fourth-order valence-electron chi connectivity index (χ4n) is 4.01. The van der Waals surface area contributed by atoms with Crippen molar-refractivity contribution in [2.45, 2.75) is 110 Å². The molecule has 2 aromatic rings. The standard InChI is InChI=1S/C30H48O3Si/c1-4-5-6-7-8-9-10-11-12-13-14-15-19-26-31-34(2,3)32-27-28-22-24-30(25-23-28)33-29-20-17-16-18-21-29/h16-18,20-25H,4-15,19,26-27H2,1-3H3. The lowest BCUT2D eigenvalue weighted by atomic mass is 10.0. The number of para-hydroxylation sites is 1. The average molecular weight is 485 g/mol. The van der Waals surface area contributed by atoms with Crippen LogP contribution >= 0.6 is 0 Å². The molecule has 0 heterocycles. The molecule has 0 aliphatic rings. The molecule has 0 bridgehead atoms. The van der Waals surface area contributed by atoms with Crippen LogP contribution in [0.2, 0.25) is 13.1 Å². The fraction of sp³-hybridized carbons (Fsp3) is 0.600. The number of hydrogen-bond acceptors (Lipinski definition) is 3. The Balaban J connectivity index is 1.46. The van der Waals surface area contributed by atoms with E-state index in [4.69, 9.17) is 13.6 Å². The van der Waals surface area contributed by atoms with E-state index >= 15 is 0 Å². The van der Waals surface area contributed by atoms with Gasteiger partial charge in [-0.25, -0.2) is 0 Å². The maximum absolute atomic E-state index is 6.16. The summed E-state index contributed by atoms with van der Waals surface area (Å²) in [5, 5.41) is 0. The predicted octanol–water partition coefficient (Wildman–Crippen LogP) is 9.81. The van der Waals surface area contributed by atoms with Crippen molar-refractivity contribution in [1.82, 2.24) is 0 Å². The summed E-state index contributed by atoms with van der Waals surface area (Å²) in [5.41, 5.74) is 1.14. The van der Waals surface area contributed by atoms with Gasteiger partial charge in [0.1, 0.15) is 11.5 Å². The summed E-state index contributed by atoms with van der Waals surface area (Å²) in [6, 6.07) is 18.0. The lowest BCUT2D eigenvalue weighted by Gasteiger charge is -2.23. The van der Waals surface area contributed by atoms with Crippen LogP contribution in [0.25, 0.3) is 0 Å². The van der Waals surface area contributed by atoms with Crippen molar-refractivity contribution in [3.8, 4) is 11.5 Å². The molecule has 0 radical (unpaired) electrons. The third kappa shape index (κ3) is 13.9. The molecule has 0 aromatic heterocycles. The van der Waals surface area contributed by atoms with Gasteiger partial charge in [-0.05, 0) is 49.3 Å². The van der Waals surface area contributed by atoms with Crippen LogP contribution in [0.1, 0.15) is 96.0 Å². The van der Waals surface area contributed by atoms with Gasteiger partial charge in [0.2, 0.25) is 0 Å². The largest absolute Gasteiger partial charge is 0.457 e. The number of hydrogen-bond donors (Lipinski definition) is 0. The molecule has 0 saturated heterocycles. The second-order valence-corrected chi connectivity index (χ2v) is 13.2. The molecule has 190 valence electrons. The smallest absolute Gasteiger partial charge is 0.332 e. The molecule has 0 saturated carbocycles. The average Bonchev–Trinajstić information content (AvgIpc) is 2.84. The highest BCUT2D eigenvalue weighted by atomic mass is 28.4. The Labute approximate surface area is 210 Å². The first kappa shape index (κ1) is 28.6. The monoisotopic (exact) mass is 484 g/mol. The summed E-state index contributed by atoms with van der Waals surface area (Å²) in [7, 11) is -2.09. The number of ether oxygens (including phenoxy) is 1. The van der Waals surface area contributed by atoms with E-state index in [1.54, 1.807) is 0 Å². The van der Waals surface area contributed by atoms with Gasteiger partial charge in [-0.2, -0.15) is 0 Å². The minimum Gasteiger partial charge on any atom is -0.457 e. The first-order valence-electron chi connectivity index (χ1n) is 13.7. The van der Waals surface area contributed by atoms with Gasteiger partial charge in [0.05, 0.1) is 6.61 Å². The zero-order chi connectivity index (χ0) is 24.3. The van der Waals surface area contributed by atoms with Crippen molar-refractivity contribution in [1.29, 1.82) is 0 Å². The first-order valence-corrected chi connectivity index (χ1v) is 16.5. The highest BCUT2D eigenvalue weighted by molar-refractivity contribution is 6.64. The van der Waals surface area contributed by atoms with Crippen molar-refractivity contribution in [2.24, 2.45) is 0 Å². The molecular weight excluding hydrogens is 436 g/mol. The van der Waals surface area contributed by atoms with E-state index in [-0.39, 0.29) is 0 Å². The van der Waals surface area contributed by atoms with Crippen LogP contribution in [0.3, 0.4) is 0 Å². The SMILES string of the molecule is CCCCCCCCCCCCCCCO[Si](C)(C)OCc1ccc(Oc2ccccc2)cc1. The second-order valence-electron chi connectivity index (χ2n) is 9.84. The Bertz CT molecular complexity index is 730. The molecule has 34 heavy (non-hydrogen) atoms. The van der Waals surface area contributed by atoms with E-state index < -0.39 is 8.56 Å². The highest BCUT2D eigenvalue weighted by Gasteiger charge is 2.24. The molecule has 4 heteroatoms. The minimum absolute atomic E-state index is 0.587. The molecule has 3 nitrogen and oxygen atoms in total. The van der Waals surface area contributed by atoms with Gasteiger partial charge in [0, 0.05) is 6.61 Å². The fourth-order valence-corrected chi connectivity index (χ4v) is 5.25. The van der Waals surface area contributed by atoms with E-state index in [2.05, 4.69) is 32.2 Å². The summed E-state index contributed by atoms with van der Waals surface area (Å²) in [6.45, 7) is 7.97. The normalized spacial score (nSPS) is 11.6. The maximum atomic E-state index is 6.16. The topological polar surface area (TPSA) is 27.7 Å². The minimum atomic E-state index is -2.09. The van der Waals surface area contributed by atoms with Gasteiger partial charge in [-0.15, -0.1) is 0 Å². The van der Waals surface area contributed by atoms with Crippen LogP contribution in [0, 0.1) is 0 Å². The quantitative estimate of drug-likeness (QED) is 0.138. The second kappa shape index (κ2) is 17.8. The third-order valence-electron chi connectivity index (χ3n) is 6.19. The molecule has 0 N–H and O–H groups in total. The molecule has 2 aromatic carbocycles. The molecule has 0 aliphatic heterocycles. The summed E-state index contributed by atoms with van der Waals surface area (Å²) in [5.74, 6) is 1.69.